The summed E-state index contributed by atoms with van der Waals surface area (Å²) in [6.45, 7) is 9.19. The first-order valence-electron chi connectivity index (χ1n) is 4.50. The molecule has 1 aromatic carbocycles. The van der Waals surface area contributed by atoms with E-state index < -0.39 is 0 Å². The molecule has 0 radical (unpaired) electrons. The van der Waals surface area contributed by atoms with Crippen LogP contribution in [0.25, 0.3) is 5.57 Å². The molecule has 0 aliphatic carbocycles. The van der Waals surface area contributed by atoms with Crippen LogP contribution in [0, 0.1) is 6.92 Å². The third kappa shape index (κ3) is 1.84. The SMILES string of the molecule is C=C(C)c1cc(C)cc(N)c1C(C)=O. The first kappa shape index (κ1) is 10.5. The summed E-state index contributed by atoms with van der Waals surface area (Å²) in [4.78, 5) is 11.4. The van der Waals surface area contributed by atoms with Gasteiger partial charge in [-0.3, -0.25) is 4.79 Å². The third-order valence-electron chi connectivity index (χ3n) is 2.13. The van der Waals surface area contributed by atoms with Gasteiger partial charge in [0.2, 0.25) is 0 Å². The molecule has 0 aromatic heterocycles. The fourth-order valence-electron chi connectivity index (χ4n) is 1.54. The number of anilines is 1. The molecule has 14 heavy (non-hydrogen) atoms. The number of benzene rings is 1. The maximum Gasteiger partial charge on any atom is 0.162 e. The van der Waals surface area contributed by atoms with E-state index in [0.717, 1.165) is 16.7 Å². The summed E-state index contributed by atoms with van der Waals surface area (Å²) in [5, 5.41) is 0. The average molecular weight is 189 g/mol. The number of Topliss-reactive ketones (excluding diaryl/α,β-unsaturated/α-hetero) is 1. The van der Waals surface area contributed by atoms with Crippen LogP contribution in [0.15, 0.2) is 18.7 Å². The van der Waals surface area contributed by atoms with Crippen molar-refractivity contribution in [3.05, 3.63) is 35.4 Å². The maximum absolute atomic E-state index is 11.4. The van der Waals surface area contributed by atoms with E-state index in [-0.39, 0.29) is 5.78 Å². The molecular weight excluding hydrogens is 174 g/mol. The summed E-state index contributed by atoms with van der Waals surface area (Å²) in [7, 11) is 0. The molecule has 1 aromatic rings. The Morgan fingerprint density at radius 2 is 1.93 bits per heavy atom. The van der Waals surface area contributed by atoms with Gasteiger partial charge in [0.15, 0.2) is 5.78 Å². The number of carbonyl (C=O) groups is 1. The second kappa shape index (κ2) is 3.66. The van der Waals surface area contributed by atoms with E-state index in [1.165, 1.54) is 6.92 Å². The third-order valence-corrected chi connectivity index (χ3v) is 2.13. The first-order valence-corrected chi connectivity index (χ1v) is 4.50. The van der Waals surface area contributed by atoms with Crippen molar-refractivity contribution in [2.75, 3.05) is 5.73 Å². The van der Waals surface area contributed by atoms with Crippen molar-refractivity contribution in [2.24, 2.45) is 0 Å². The van der Waals surface area contributed by atoms with Crippen LogP contribution in [0.2, 0.25) is 0 Å². The molecule has 74 valence electrons. The lowest BCUT2D eigenvalue weighted by Gasteiger charge is -2.10. The number of hydrogen-bond donors (Lipinski definition) is 1. The summed E-state index contributed by atoms with van der Waals surface area (Å²) in [6.07, 6.45) is 0. The number of rotatable bonds is 2. The highest BCUT2D eigenvalue weighted by Gasteiger charge is 2.12. The monoisotopic (exact) mass is 189 g/mol. The van der Waals surface area contributed by atoms with Crippen LogP contribution in [0.3, 0.4) is 0 Å². The van der Waals surface area contributed by atoms with Gasteiger partial charge in [0.25, 0.3) is 0 Å². The van der Waals surface area contributed by atoms with Gasteiger partial charge in [0, 0.05) is 11.3 Å². The van der Waals surface area contributed by atoms with Gasteiger partial charge >= 0.3 is 0 Å². The Labute approximate surface area is 84.4 Å². The van der Waals surface area contributed by atoms with Crippen molar-refractivity contribution in [3.63, 3.8) is 0 Å². The van der Waals surface area contributed by atoms with Crippen molar-refractivity contribution >= 4 is 17.0 Å². The lowest BCUT2D eigenvalue weighted by atomic mass is 9.95. The number of nitrogens with two attached hydrogens (primary N) is 1. The minimum atomic E-state index is -0.0134. The zero-order valence-corrected chi connectivity index (χ0v) is 8.85. The normalized spacial score (nSPS) is 9.93. The van der Waals surface area contributed by atoms with Crippen LogP contribution in [0.4, 0.5) is 5.69 Å². The predicted octanol–water partition coefficient (Wildman–Crippen LogP) is 2.81. The second-order valence-electron chi connectivity index (χ2n) is 3.61. The quantitative estimate of drug-likeness (QED) is 0.574. The number of carbonyl (C=O) groups excluding carboxylic acids is 1. The molecule has 0 spiro atoms. The van der Waals surface area contributed by atoms with Gasteiger partial charge in [-0.05, 0) is 38.0 Å². The number of aryl methyl sites for hydroxylation is 1. The van der Waals surface area contributed by atoms with Gasteiger partial charge in [-0.15, -0.1) is 0 Å². The second-order valence-corrected chi connectivity index (χ2v) is 3.61. The molecule has 2 nitrogen and oxygen atoms in total. The topological polar surface area (TPSA) is 43.1 Å². The van der Waals surface area contributed by atoms with Gasteiger partial charge in [0.1, 0.15) is 0 Å². The van der Waals surface area contributed by atoms with E-state index in [2.05, 4.69) is 6.58 Å². The molecule has 2 N–H and O–H groups in total. The van der Waals surface area contributed by atoms with Crippen LogP contribution < -0.4 is 5.73 Å². The lowest BCUT2D eigenvalue weighted by Crippen LogP contribution is -2.04. The van der Waals surface area contributed by atoms with E-state index in [9.17, 15) is 4.79 Å². The molecule has 2 heteroatoms. The highest BCUT2D eigenvalue weighted by molar-refractivity contribution is 6.03. The van der Waals surface area contributed by atoms with E-state index >= 15 is 0 Å². The van der Waals surface area contributed by atoms with Gasteiger partial charge in [-0.1, -0.05) is 18.2 Å². The van der Waals surface area contributed by atoms with Crippen LogP contribution in [-0.4, -0.2) is 5.78 Å². The molecule has 0 heterocycles. The first-order chi connectivity index (χ1) is 6.43. The smallest absolute Gasteiger partial charge is 0.162 e. The van der Waals surface area contributed by atoms with Crippen LogP contribution in [-0.2, 0) is 0 Å². The molecule has 0 aliphatic heterocycles. The molecule has 0 saturated heterocycles. The van der Waals surface area contributed by atoms with Gasteiger partial charge in [-0.25, -0.2) is 0 Å². The summed E-state index contributed by atoms with van der Waals surface area (Å²) >= 11 is 0. The Kier molecular flexibility index (Phi) is 2.75. The Morgan fingerprint density at radius 1 is 1.36 bits per heavy atom. The number of ketones is 1. The maximum atomic E-state index is 11.4. The molecule has 0 bridgehead atoms. The number of nitrogen functional groups attached to an aromatic ring is 1. The highest BCUT2D eigenvalue weighted by atomic mass is 16.1. The standard InChI is InChI=1S/C12H15NO/c1-7(2)10-5-8(3)6-11(13)12(10)9(4)14/h5-6H,1,13H2,2-4H3. The van der Waals surface area contributed by atoms with E-state index in [1.807, 2.05) is 26.0 Å². The minimum absolute atomic E-state index is 0.0134. The zero-order chi connectivity index (χ0) is 10.9. The van der Waals surface area contributed by atoms with E-state index in [4.69, 9.17) is 5.73 Å². The molecule has 0 amide bonds. The van der Waals surface area contributed by atoms with Crippen molar-refractivity contribution in [2.45, 2.75) is 20.8 Å². The molecule has 0 saturated carbocycles. The molecule has 1 rings (SSSR count). The average Bonchev–Trinajstić information content (AvgIpc) is 2.01. The Morgan fingerprint density at radius 3 is 2.36 bits per heavy atom. The molecule has 0 atom stereocenters. The van der Waals surface area contributed by atoms with Crippen molar-refractivity contribution in [1.82, 2.24) is 0 Å². The van der Waals surface area contributed by atoms with E-state index in [1.54, 1.807) is 0 Å². The van der Waals surface area contributed by atoms with Crippen molar-refractivity contribution in [1.29, 1.82) is 0 Å². The fraction of sp³-hybridized carbons (Fsp3) is 0.250. The number of hydrogen-bond acceptors (Lipinski definition) is 2. The van der Waals surface area contributed by atoms with Crippen LogP contribution >= 0.6 is 0 Å². The van der Waals surface area contributed by atoms with Gasteiger partial charge in [-0.2, -0.15) is 0 Å². The molecular formula is C12H15NO. The molecule has 0 unspecified atom stereocenters. The number of allylic oxidation sites excluding steroid dienone is 1. The lowest BCUT2D eigenvalue weighted by molar-refractivity contribution is 0.101. The predicted molar refractivity (Wildman–Crippen MR) is 60.3 cm³/mol. The fourth-order valence-corrected chi connectivity index (χ4v) is 1.54. The van der Waals surface area contributed by atoms with Gasteiger partial charge < -0.3 is 5.73 Å². The Bertz CT molecular complexity index is 405. The summed E-state index contributed by atoms with van der Waals surface area (Å²) < 4.78 is 0. The highest BCUT2D eigenvalue weighted by Crippen LogP contribution is 2.25. The largest absolute Gasteiger partial charge is 0.398 e. The van der Waals surface area contributed by atoms with Crippen LogP contribution in [0.5, 0.6) is 0 Å². The Hall–Kier alpha value is -1.57. The summed E-state index contributed by atoms with van der Waals surface area (Å²) in [5.74, 6) is -0.0134. The molecule has 0 aliphatic rings. The minimum Gasteiger partial charge on any atom is -0.398 e. The zero-order valence-electron chi connectivity index (χ0n) is 8.85. The summed E-state index contributed by atoms with van der Waals surface area (Å²) in [6, 6.07) is 3.75. The van der Waals surface area contributed by atoms with Crippen molar-refractivity contribution < 1.29 is 4.79 Å². The van der Waals surface area contributed by atoms with E-state index in [0.29, 0.717) is 11.3 Å². The molecule has 0 fully saturated rings. The van der Waals surface area contributed by atoms with Crippen LogP contribution in [0.1, 0.15) is 35.3 Å². The summed E-state index contributed by atoms with van der Waals surface area (Å²) in [5.41, 5.74) is 9.69. The van der Waals surface area contributed by atoms with Crippen molar-refractivity contribution in [3.8, 4) is 0 Å². The van der Waals surface area contributed by atoms with Gasteiger partial charge in [0.05, 0.1) is 0 Å². The Balaban J connectivity index is 3.52.